The van der Waals surface area contributed by atoms with Crippen LogP contribution in [0.5, 0.6) is 0 Å². The van der Waals surface area contributed by atoms with Crippen molar-refractivity contribution in [2.24, 2.45) is 0 Å². The molecule has 0 fully saturated rings. The van der Waals surface area contributed by atoms with Crippen LogP contribution in [0, 0.1) is 28.8 Å². The number of benzene rings is 5. The van der Waals surface area contributed by atoms with E-state index >= 15 is 0 Å². The summed E-state index contributed by atoms with van der Waals surface area (Å²) in [4.78, 5) is 5.05. The Morgan fingerprint density at radius 2 is 1.38 bits per heavy atom. The highest BCUT2D eigenvalue weighted by Crippen LogP contribution is 2.38. The summed E-state index contributed by atoms with van der Waals surface area (Å²) >= 11 is 1.17. The summed E-state index contributed by atoms with van der Waals surface area (Å²) in [6, 6.07) is 28.5. The van der Waals surface area contributed by atoms with Gasteiger partial charge in [-0.2, -0.15) is 14.0 Å². The molecule has 0 unspecified atom stereocenters. The Kier molecular flexibility index (Phi) is 5.54. The minimum absolute atomic E-state index is 0.164. The van der Waals surface area contributed by atoms with Crippen molar-refractivity contribution in [3.05, 3.63) is 114 Å². The predicted molar refractivity (Wildman–Crippen MR) is 151 cm³/mol. The first kappa shape index (κ1) is 23.9. The molecule has 190 valence electrons. The zero-order valence-corrected chi connectivity index (χ0v) is 21.3. The van der Waals surface area contributed by atoms with Gasteiger partial charge in [0.05, 0.1) is 34.1 Å². The maximum absolute atomic E-state index is 14.6. The van der Waals surface area contributed by atoms with Crippen LogP contribution in [0.2, 0.25) is 0 Å². The third-order valence-corrected chi connectivity index (χ3v) is 7.56. The van der Waals surface area contributed by atoms with E-state index in [1.807, 2.05) is 60.7 Å². The number of rotatable bonds is 3. The summed E-state index contributed by atoms with van der Waals surface area (Å²) in [6.45, 7) is 0. The second-order valence-corrected chi connectivity index (χ2v) is 9.80. The van der Waals surface area contributed by atoms with Gasteiger partial charge in [-0.25, -0.2) is 18.2 Å². The van der Waals surface area contributed by atoms with E-state index in [1.165, 1.54) is 29.9 Å². The topological polar surface area (TPSA) is 62.5 Å². The van der Waals surface area contributed by atoms with Gasteiger partial charge < -0.3 is 0 Å². The molecule has 7 aromatic rings. The Hall–Kier alpha value is -5.13. The number of pyridine rings is 1. The number of hydrogen-bond donors (Lipinski definition) is 0. The molecule has 0 atom stereocenters. The molecule has 0 N–H and O–H groups in total. The van der Waals surface area contributed by atoms with E-state index in [0.717, 1.165) is 55.1 Å². The fraction of sp³-hybridized carbons (Fsp3) is 0. The van der Waals surface area contributed by atoms with Gasteiger partial charge in [0, 0.05) is 21.7 Å². The van der Waals surface area contributed by atoms with Crippen molar-refractivity contribution >= 4 is 44.4 Å². The Balaban J connectivity index is 1.39. The average Bonchev–Trinajstić information content (AvgIpc) is 3.48. The van der Waals surface area contributed by atoms with Crippen LogP contribution in [0.1, 0.15) is 5.56 Å². The van der Waals surface area contributed by atoms with Crippen molar-refractivity contribution < 1.29 is 13.2 Å². The Labute approximate surface area is 229 Å². The van der Waals surface area contributed by atoms with Crippen molar-refractivity contribution in [2.45, 2.75) is 0 Å². The maximum atomic E-state index is 14.6. The highest BCUT2D eigenvalue weighted by atomic mass is 32.1. The molecule has 0 aliphatic rings. The molecule has 0 saturated heterocycles. The number of nitriles is 1. The third-order valence-electron chi connectivity index (χ3n) is 7.02. The second kappa shape index (κ2) is 9.26. The number of hydrogen-bond acceptors (Lipinski definition) is 5. The standard InChI is InChI=1S/C32H15F3N4S/c33-24-14-21(16-36)29(34)30(35)27(24)18-8-6-17(7-9-18)20-10-11-22-26(15-20)37-31(19-4-2-1-3-5-19)23-12-13-25-32(28(22)23)39-40-38-25/h1-15H. The van der Waals surface area contributed by atoms with Crippen LogP contribution in [0.25, 0.3) is 66.2 Å². The van der Waals surface area contributed by atoms with Crippen molar-refractivity contribution in [1.82, 2.24) is 13.7 Å². The second-order valence-electron chi connectivity index (χ2n) is 9.28. The van der Waals surface area contributed by atoms with E-state index in [9.17, 15) is 13.2 Å². The Bertz CT molecular complexity index is 2150. The van der Waals surface area contributed by atoms with Crippen molar-refractivity contribution in [1.29, 1.82) is 5.26 Å². The molecule has 0 radical (unpaired) electrons. The molecular weight excluding hydrogens is 529 g/mol. The first-order chi connectivity index (χ1) is 19.5. The van der Waals surface area contributed by atoms with Crippen LogP contribution < -0.4 is 0 Å². The van der Waals surface area contributed by atoms with E-state index < -0.39 is 28.6 Å². The van der Waals surface area contributed by atoms with Crippen LogP contribution >= 0.6 is 11.7 Å². The number of aromatic nitrogens is 3. The molecule has 5 aromatic carbocycles. The molecule has 0 saturated carbocycles. The fourth-order valence-corrected chi connectivity index (χ4v) is 5.65. The monoisotopic (exact) mass is 544 g/mol. The molecule has 8 heteroatoms. The van der Waals surface area contributed by atoms with Crippen LogP contribution in [0.4, 0.5) is 13.2 Å². The molecule has 4 nitrogen and oxygen atoms in total. The smallest absolute Gasteiger partial charge is 0.177 e. The molecular formula is C32H15F3N4S. The minimum Gasteiger partial charge on any atom is -0.247 e. The lowest BCUT2D eigenvalue weighted by atomic mass is 9.95. The molecule has 2 heterocycles. The zero-order valence-electron chi connectivity index (χ0n) is 20.5. The molecule has 2 aromatic heterocycles. The largest absolute Gasteiger partial charge is 0.247 e. The highest BCUT2D eigenvalue weighted by Gasteiger charge is 2.20. The quantitative estimate of drug-likeness (QED) is 0.165. The molecule has 0 aliphatic carbocycles. The van der Waals surface area contributed by atoms with Gasteiger partial charge in [-0.05, 0) is 41.0 Å². The number of nitrogens with zero attached hydrogens (tertiary/aromatic N) is 4. The zero-order chi connectivity index (χ0) is 27.4. The van der Waals surface area contributed by atoms with Gasteiger partial charge in [0.1, 0.15) is 22.9 Å². The van der Waals surface area contributed by atoms with E-state index in [1.54, 1.807) is 12.1 Å². The predicted octanol–water partition coefficient (Wildman–Crippen LogP) is 8.68. The van der Waals surface area contributed by atoms with Gasteiger partial charge in [-0.1, -0.05) is 66.7 Å². The van der Waals surface area contributed by atoms with E-state index in [0.29, 0.717) is 6.07 Å². The summed E-state index contributed by atoms with van der Waals surface area (Å²) in [7, 11) is 0. The first-order valence-electron chi connectivity index (χ1n) is 12.3. The molecule has 0 amide bonds. The normalized spacial score (nSPS) is 11.3. The molecule has 0 spiro atoms. The number of fused-ring (bicyclic) bond motifs is 5. The summed E-state index contributed by atoms with van der Waals surface area (Å²) in [5, 5.41) is 11.8. The van der Waals surface area contributed by atoms with Crippen LogP contribution in [0.15, 0.2) is 91.0 Å². The van der Waals surface area contributed by atoms with Crippen molar-refractivity contribution in [2.75, 3.05) is 0 Å². The highest BCUT2D eigenvalue weighted by molar-refractivity contribution is 7.00. The van der Waals surface area contributed by atoms with Gasteiger partial charge in [0.2, 0.25) is 0 Å². The van der Waals surface area contributed by atoms with Gasteiger partial charge >= 0.3 is 0 Å². The third kappa shape index (κ3) is 3.71. The molecule has 40 heavy (non-hydrogen) atoms. The minimum atomic E-state index is -1.39. The van der Waals surface area contributed by atoms with Crippen LogP contribution in [0.3, 0.4) is 0 Å². The van der Waals surface area contributed by atoms with Crippen LogP contribution in [-0.4, -0.2) is 13.7 Å². The van der Waals surface area contributed by atoms with E-state index in [-0.39, 0.29) is 5.56 Å². The molecule has 7 rings (SSSR count). The number of halogens is 3. The van der Waals surface area contributed by atoms with Gasteiger partial charge in [0.15, 0.2) is 11.6 Å². The van der Waals surface area contributed by atoms with E-state index in [4.69, 9.17) is 10.2 Å². The lowest BCUT2D eigenvalue weighted by molar-refractivity contribution is 0.496. The lowest BCUT2D eigenvalue weighted by Crippen LogP contribution is -1.98. The SMILES string of the molecule is N#Cc1cc(F)c(-c2ccc(-c3ccc4c(c3)nc(-c3ccccc3)c3ccc5nsnc5c34)cc2)c(F)c1F. The van der Waals surface area contributed by atoms with Crippen molar-refractivity contribution in [3.8, 4) is 39.6 Å². The summed E-state index contributed by atoms with van der Waals surface area (Å²) in [5.74, 6) is -3.75. The van der Waals surface area contributed by atoms with Gasteiger partial charge in [-0.15, -0.1) is 0 Å². The Morgan fingerprint density at radius 3 is 2.15 bits per heavy atom. The first-order valence-corrected chi connectivity index (χ1v) is 13.0. The van der Waals surface area contributed by atoms with Crippen LogP contribution in [-0.2, 0) is 0 Å². The maximum Gasteiger partial charge on any atom is 0.177 e. The van der Waals surface area contributed by atoms with Gasteiger partial charge in [-0.3, -0.25) is 0 Å². The van der Waals surface area contributed by atoms with Crippen molar-refractivity contribution in [3.63, 3.8) is 0 Å². The lowest BCUT2D eigenvalue weighted by Gasteiger charge is -2.12. The summed E-state index contributed by atoms with van der Waals surface area (Å²) < 4.78 is 52.4. The average molecular weight is 545 g/mol. The summed E-state index contributed by atoms with van der Waals surface area (Å²) in [6.07, 6.45) is 0. The fourth-order valence-electron chi connectivity index (χ4n) is 5.10. The Morgan fingerprint density at radius 1 is 0.650 bits per heavy atom. The molecule has 0 bridgehead atoms. The van der Waals surface area contributed by atoms with Gasteiger partial charge in [0.25, 0.3) is 0 Å². The summed E-state index contributed by atoms with van der Waals surface area (Å²) in [5.41, 5.74) is 4.83. The van der Waals surface area contributed by atoms with E-state index in [2.05, 4.69) is 8.75 Å². The molecule has 0 aliphatic heterocycles.